The zero-order chi connectivity index (χ0) is 17.4. The Balaban J connectivity index is 1.76. The molecule has 0 bridgehead atoms. The molecule has 1 aromatic carbocycles. The van der Waals surface area contributed by atoms with E-state index < -0.39 is 7.12 Å². The van der Waals surface area contributed by atoms with Gasteiger partial charge in [0.15, 0.2) is 0 Å². The van der Waals surface area contributed by atoms with Gasteiger partial charge in [0.05, 0.1) is 17.8 Å². The topological polar surface area (TPSA) is 27.7 Å². The third-order valence-electron chi connectivity index (χ3n) is 5.68. The van der Waals surface area contributed by atoms with E-state index in [1.54, 1.807) is 0 Å². The monoisotopic (exact) mass is 350 g/mol. The van der Waals surface area contributed by atoms with Gasteiger partial charge in [0.2, 0.25) is 0 Å². The van der Waals surface area contributed by atoms with E-state index in [2.05, 4.69) is 27.7 Å². The highest BCUT2D eigenvalue weighted by Crippen LogP contribution is 2.37. The summed E-state index contributed by atoms with van der Waals surface area (Å²) < 4.78 is 18.5. The van der Waals surface area contributed by atoms with Gasteiger partial charge in [-0.25, -0.2) is 0 Å². The maximum atomic E-state index is 6.20. The maximum absolute atomic E-state index is 6.20. The molecular formula is C19H28BClO3. The van der Waals surface area contributed by atoms with Crippen LogP contribution in [0.3, 0.4) is 0 Å². The second-order valence-corrected chi connectivity index (χ2v) is 8.52. The molecule has 2 fully saturated rings. The van der Waals surface area contributed by atoms with Crippen molar-refractivity contribution in [3.8, 4) is 5.75 Å². The second-order valence-electron chi connectivity index (χ2n) is 8.09. The molecular weight excluding hydrogens is 322 g/mol. The van der Waals surface area contributed by atoms with Crippen LogP contribution in [0.1, 0.15) is 59.8 Å². The minimum absolute atomic E-state index is 0.363. The lowest BCUT2D eigenvalue weighted by atomic mass is 9.78. The van der Waals surface area contributed by atoms with E-state index in [4.69, 9.17) is 25.6 Å². The van der Waals surface area contributed by atoms with Gasteiger partial charge >= 0.3 is 7.12 Å². The van der Waals surface area contributed by atoms with E-state index in [1.807, 2.05) is 18.2 Å². The van der Waals surface area contributed by atoms with Gasteiger partial charge in [0.1, 0.15) is 5.75 Å². The molecule has 0 radical (unpaired) electrons. The van der Waals surface area contributed by atoms with Crippen molar-refractivity contribution in [2.75, 3.05) is 6.61 Å². The van der Waals surface area contributed by atoms with Crippen molar-refractivity contribution in [2.24, 2.45) is 5.92 Å². The molecule has 5 heteroatoms. The highest BCUT2D eigenvalue weighted by molar-refractivity contribution is 6.63. The summed E-state index contributed by atoms with van der Waals surface area (Å²) in [5.41, 5.74) is 0.199. The minimum atomic E-state index is -0.423. The first kappa shape index (κ1) is 18.1. The molecule has 0 atom stereocenters. The molecule has 3 nitrogen and oxygen atoms in total. The molecule has 0 amide bonds. The summed E-state index contributed by atoms with van der Waals surface area (Å²) in [5, 5.41) is 0.675. The van der Waals surface area contributed by atoms with Crippen LogP contribution < -0.4 is 10.2 Å². The van der Waals surface area contributed by atoms with E-state index in [1.165, 1.54) is 32.1 Å². The highest BCUT2D eigenvalue weighted by atomic mass is 35.5. The zero-order valence-corrected chi connectivity index (χ0v) is 16.0. The fourth-order valence-corrected chi connectivity index (χ4v) is 3.52. The molecule has 1 aliphatic carbocycles. The molecule has 0 spiro atoms. The molecule has 1 aliphatic heterocycles. The number of hydrogen-bond donors (Lipinski definition) is 0. The van der Waals surface area contributed by atoms with Crippen LogP contribution in [0, 0.1) is 5.92 Å². The predicted octanol–water partition coefficient (Wildman–Crippen LogP) is 4.60. The van der Waals surface area contributed by atoms with Gasteiger partial charge in [0, 0.05) is 10.5 Å². The summed E-state index contributed by atoms with van der Waals surface area (Å²) in [6.07, 6.45) is 6.49. The Morgan fingerprint density at radius 2 is 1.71 bits per heavy atom. The van der Waals surface area contributed by atoms with Crippen LogP contribution in [-0.2, 0) is 9.31 Å². The van der Waals surface area contributed by atoms with Crippen molar-refractivity contribution in [3.05, 3.63) is 23.2 Å². The first-order chi connectivity index (χ1) is 11.3. The van der Waals surface area contributed by atoms with Gasteiger partial charge in [-0.2, -0.15) is 0 Å². The quantitative estimate of drug-likeness (QED) is 0.743. The van der Waals surface area contributed by atoms with Crippen molar-refractivity contribution in [1.29, 1.82) is 0 Å². The molecule has 132 valence electrons. The second kappa shape index (κ2) is 6.89. The summed E-state index contributed by atoms with van der Waals surface area (Å²) >= 11 is 6.20. The number of benzene rings is 1. The number of rotatable bonds is 4. The van der Waals surface area contributed by atoms with Gasteiger partial charge in [-0.3, -0.25) is 0 Å². The molecule has 0 unspecified atom stereocenters. The van der Waals surface area contributed by atoms with Gasteiger partial charge in [0.25, 0.3) is 0 Å². The first-order valence-corrected chi connectivity index (χ1v) is 9.44. The third kappa shape index (κ3) is 3.76. The van der Waals surface area contributed by atoms with Crippen LogP contribution >= 0.6 is 11.6 Å². The lowest BCUT2D eigenvalue weighted by Crippen LogP contribution is -2.41. The Kier molecular flexibility index (Phi) is 5.20. The van der Waals surface area contributed by atoms with Crippen LogP contribution in [0.25, 0.3) is 0 Å². The smallest absolute Gasteiger partial charge is 0.494 e. The first-order valence-electron chi connectivity index (χ1n) is 9.06. The molecule has 2 aliphatic rings. The number of hydrogen-bond acceptors (Lipinski definition) is 3. The van der Waals surface area contributed by atoms with Crippen LogP contribution in [0.5, 0.6) is 5.75 Å². The largest absolute Gasteiger partial charge is 0.498 e. The number of ether oxygens (including phenoxy) is 1. The van der Waals surface area contributed by atoms with Crippen molar-refractivity contribution in [2.45, 2.75) is 71.0 Å². The molecule has 1 saturated carbocycles. The Labute approximate surface area is 151 Å². The van der Waals surface area contributed by atoms with Crippen molar-refractivity contribution < 1.29 is 14.0 Å². The molecule has 1 aromatic rings. The van der Waals surface area contributed by atoms with Gasteiger partial charge < -0.3 is 14.0 Å². The molecule has 3 rings (SSSR count). The van der Waals surface area contributed by atoms with Gasteiger partial charge in [-0.1, -0.05) is 36.9 Å². The summed E-state index contributed by atoms with van der Waals surface area (Å²) in [5.74, 6) is 1.43. The average molecular weight is 351 g/mol. The lowest BCUT2D eigenvalue weighted by Gasteiger charge is -2.32. The molecule has 24 heavy (non-hydrogen) atoms. The zero-order valence-electron chi connectivity index (χ0n) is 15.2. The summed E-state index contributed by atoms with van der Waals surface area (Å²) in [6, 6.07) is 5.71. The highest BCUT2D eigenvalue weighted by Gasteiger charge is 2.52. The molecule has 0 aromatic heterocycles. The lowest BCUT2D eigenvalue weighted by molar-refractivity contribution is 0.00578. The van der Waals surface area contributed by atoms with E-state index in [9.17, 15) is 0 Å². The molecule has 1 saturated heterocycles. The number of halogens is 1. The predicted molar refractivity (Wildman–Crippen MR) is 99.2 cm³/mol. The fraction of sp³-hybridized carbons (Fsp3) is 0.684. The maximum Gasteiger partial charge on any atom is 0.498 e. The van der Waals surface area contributed by atoms with Crippen molar-refractivity contribution in [1.82, 2.24) is 0 Å². The standard InChI is InChI=1S/C19H28BClO3/c1-18(2)19(3,4)24-20(23-18)16-11-10-15(21)12-17(16)22-13-14-8-6-5-7-9-14/h10-12,14H,5-9,13H2,1-4H3. The summed E-state index contributed by atoms with van der Waals surface area (Å²) in [6.45, 7) is 8.99. The summed E-state index contributed by atoms with van der Waals surface area (Å²) in [4.78, 5) is 0. The Morgan fingerprint density at radius 3 is 2.33 bits per heavy atom. The van der Waals surface area contributed by atoms with E-state index in [0.717, 1.165) is 17.8 Å². The van der Waals surface area contributed by atoms with Crippen LogP contribution in [0.15, 0.2) is 18.2 Å². The van der Waals surface area contributed by atoms with Crippen molar-refractivity contribution in [3.63, 3.8) is 0 Å². The average Bonchev–Trinajstić information content (AvgIpc) is 2.74. The van der Waals surface area contributed by atoms with E-state index in [-0.39, 0.29) is 11.2 Å². The van der Waals surface area contributed by atoms with Crippen LogP contribution in [0.2, 0.25) is 5.02 Å². The van der Waals surface area contributed by atoms with E-state index >= 15 is 0 Å². The van der Waals surface area contributed by atoms with Crippen LogP contribution in [0.4, 0.5) is 0 Å². The van der Waals surface area contributed by atoms with Gasteiger partial charge in [-0.15, -0.1) is 0 Å². The third-order valence-corrected chi connectivity index (χ3v) is 5.92. The Morgan fingerprint density at radius 1 is 1.08 bits per heavy atom. The normalized spacial score (nSPS) is 23.5. The SMILES string of the molecule is CC1(C)OB(c2ccc(Cl)cc2OCC2CCCCC2)OC1(C)C. The van der Waals surface area contributed by atoms with Crippen molar-refractivity contribution >= 4 is 24.2 Å². The molecule has 0 N–H and O–H groups in total. The minimum Gasteiger partial charge on any atom is -0.494 e. The Bertz CT molecular complexity index is 566. The Hall–Kier alpha value is -0.705. The summed E-state index contributed by atoms with van der Waals surface area (Å²) in [7, 11) is -0.423. The fourth-order valence-electron chi connectivity index (χ4n) is 3.36. The van der Waals surface area contributed by atoms with Crippen LogP contribution in [-0.4, -0.2) is 24.9 Å². The van der Waals surface area contributed by atoms with E-state index in [0.29, 0.717) is 10.9 Å². The van der Waals surface area contributed by atoms with Gasteiger partial charge in [-0.05, 0) is 58.6 Å². The molecule has 1 heterocycles.